The van der Waals surface area contributed by atoms with E-state index in [4.69, 9.17) is 9.47 Å². The van der Waals surface area contributed by atoms with Gasteiger partial charge in [0.25, 0.3) is 0 Å². The second-order valence-corrected chi connectivity index (χ2v) is 4.98. The van der Waals surface area contributed by atoms with Crippen LogP contribution in [0.25, 0.3) is 0 Å². The predicted octanol–water partition coefficient (Wildman–Crippen LogP) is 2.36. The maximum atomic E-state index is 14.2. The number of rotatable bonds is 8. The monoisotopic (exact) mass is 312 g/mol. The zero-order valence-corrected chi connectivity index (χ0v) is 13.9. The molecule has 1 aromatic rings. The zero-order valence-electron chi connectivity index (χ0n) is 13.9. The molecule has 124 valence electrons. The maximum Gasteiger partial charge on any atom is 0.234 e. The molecule has 1 amide bonds. The molecular formula is C16H25FN2O3. The molecule has 0 aliphatic heterocycles. The number of hydrogen-bond acceptors (Lipinski definition) is 4. The Morgan fingerprint density at radius 1 is 1.23 bits per heavy atom. The molecule has 1 rings (SSSR count). The van der Waals surface area contributed by atoms with E-state index in [1.165, 1.54) is 20.3 Å². The Kier molecular flexibility index (Phi) is 7.11. The molecule has 0 saturated heterocycles. The number of hydrogen-bond donors (Lipinski definition) is 1. The molecule has 0 aromatic heterocycles. The number of amides is 1. The third kappa shape index (κ3) is 4.59. The zero-order chi connectivity index (χ0) is 16.7. The lowest BCUT2D eigenvalue weighted by atomic mass is 10.1. The molecule has 1 atom stereocenters. The normalized spacial score (nSPS) is 12.1. The van der Waals surface area contributed by atoms with Gasteiger partial charge in [-0.05, 0) is 26.1 Å². The van der Waals surface area contributed by atoms with Crippen LogP contribution >= 0.6 is 0 Å². The van der Waals surface area contributed by atoms with Crippen LogP contribution in [0, 0.1) is 5.82 Å². The molecule has 0 aliphatic carbocycles. The summed E-state index contributed by atoms with van der Waals surface area (Å²) in [7, 11) is 2.94. The molecule has 1 aromatic carbocycles. The molecule has 1 N–H and O–H groups in total. The highest BCUT2D eigenvalue weighted by atomic mass is 19.1. The summed E-state index contributed by atoms with van der Waals surface area (Å²) >= 11 is 0. The van der Waals surface area contributed by atoms with Crippen molar-refractivity contribution in [2.24, 2.45) is 0 Å². The summed E-state index contributed by atoms with van der Waals surface area (Å²) < 4.78 is 24.4. The number of nitrogens with zero attached hydrogens (tertiary/aromatic N) is 1. The largest absolute Gasteiger partial charge is 0.493 e. The van der Waals surface area contributed by atoms with E-state index in [1.807, 2.05) is 18.7 Å². The van der Waals surface area contributed by atoms with Gasteiger partial charge in [0.2, 0.25) is 5.91 Å². The standard InChI is InChI=1S/C16H25FN2O3/c1-6-19(7-2)10-16(20)18-11(3)12-8-14(21-4)15(22-5)9-13(12)17/h8-9,11H,6-7,10H2,1-5H3,(H,18,20)/t11-/m0/s1. The lowest BCUT2D eigenvalue weighted by Crippen LogP contribution is -2.38. The lowest BCUT2D eigenvalue weighted by molar-refractivity contribution is -0.122. The van der Waals surface area contributed by atoms with Crippen molar-refractivity contribution in [3.05, 3.63) is 23.5 Å². The fraction of sp³-hybridized carbons (Fsp3) is 0.562. The number of methoxy groups -OCH3 is 2. The van der Waals surface area contributed by atoms with E-state index < -0.39 is 11.9 Å². The van der Waals surface area contributed by atoms with Crippen LogP contribution in [0.1, 0.15) is 32.4 Å². The van der Waals surface area contributed by atoms with Crippen LogP contribution in [0.3, 0.4) is 0 Å². The second kappa shape index (κ2) is 8.58. The lowest BCUT2D eigenvalue weighted by Gasteiger charge is -2.21. The topological polar surface area (TPSA) is 50.8 Å². The summed E-state index contributed by atoms with van der Waals surface area (Å²) in [4.78, 5) is 14.0. The molecule has 0 aliphatic rings. The van der Waals surface area contributed by atoms with Gasteiger partial charge in [0.15, 0.2) is 11.5 Å². The van der Waals surface area contributed by atoms with E-state index in [9.17, 15) is 9.18 Å². The first kappa shape index (κ1) is 18.2. The Balaban J connectivity index is 2.85. The van der Waals surface area contributed by atoms with Gasteiger partial charge < -0.3 is 14.8 Å². The smallest absolute Gasteiger partial charge is 0.234 e. The summed E-state index contributed by atoms with van der Waals surface area (Å²) in [6.45, 7) is 7.62. The average Bonchev–Trinajstić information content (AvgIpc) is 2.51. The molecular weight excluding hydrogens is 287 g/mol. The van der Waals surface area contributed by atoms with Gasteiger partial charge in [0.05, 0.1) is 26.8 Å². The highest BCUT2D eigenvalue weighted by Crippen LogP contribution is 2.32. The van der Waals surface area contributed by atoms with Crippen molar-refractivity contribution in [2.75, 3.05) is 33.9 Å². The van der Waals surface area contributed by atoms with Crippen LogP contribution in [-0.4, -0.2) is 44.7 Å². The molecule has 22 heavy (non-hydrogen) atoms. The molecule has 0 fully saturated rings. The van der Waals surface area contributed by atoms with Crippen molar-refractivity contribution in [2.45, 2.75) is 26.8 Å². The van der Waals surface area contributed by atoms with Gasteiger partial charge in [0, 0.05) is 11.6 Å². The SMILES string of the molecule is CCN(CC)CC(=O)N[C@@H](C)c1cc(OC)c(OC)cc1F. The van der Waals surface area contributed by atoms with Gasteiger partial charge in [-0.2, -0.15) is 0 Å². The van der Waals surface area contributed by atoms with Crippen molar-refractivity contribution in [3.8, 4) is 11.5 Å². The Morgan fingerprint density at radius 2 is 1.77 bits per heavy atom. The van der Waals surface area contributed by atoms with Gasteiger partial charge in [-0.3, -0.25) is 9.69 Å². The number of halogens is 1. The number of nitrogens with one attached hydrogen (secondary N) is 1. The number of likely N-dealkylation sites (N-methyl/N-ethyl adjacent to an activating group) is 1. The summed E-state index contributed by atoms with van der Waals surface area (Å²) in [5, 5.41) is 2.81. The first-order chi connectivity index (χ1) is 10.5. The second-order valence-electron chi connectivity index (χ2n) is 4.98. The summed E-state index contributed by atoms with van der Waals surface area (Å²) in [6.07, 6.45) is 0. The Morgan fingerprint density at radius 3 is 2.27 bits per heavy atom. The molecule has 6 heteroatoms. The first-order valence-corrected chi connectivity index (χ1v) is 7.39. The van der Waals surface area contributed by atoms with E-state index >= 15 is 0 Å². The first-order valence-electron chi connectivity index (χ1n) is 7.39. The Labute approximate surface area is 131 Å². The van der Waals surface area contributed by atoms with Gasteiger partial charge in [-0.1, -0.05) is 13.8 Å². The fourth-order valence-corrected chi connectivity index (χ4v) is 2.22. The number of carbonyl (C=O) groups excluding carboxylic acids is 1. The number of carbonyl (C=O) groups is 1. The summed E-state index contributed by atoms with van der Waals surface area (Å²) in [5.74, 6) is 0.188. The third-order valence-electron chi connectivity index (χ3n) is 3.61. The number of ether oxygens (including phenoxy) is 2. The molecule has 0 saturated carbocycles. The minimum absolute atomic E-state index is 0.134. The Hall–Kier alpha value is -1.82. The summed E-state index contributed by atoms with van der Waals surface area (Å²) in [5.41, 5.74) is 0.366. The average molecular weight is 312 g/mol. The van der Waals surface area contributed by atoms with E-state index in [0.29, 0.717) is 23.6 Å². The quantitative estimate of drug-likeness (QED) is 0.800. The third-order valence-corrected chi connectivity index (χ3v) is 3.61. The minimum Gasteiger partial charge on any atom is -0.493 e. The van der Waals surface area contributed by atoms with Gasteiger partial charge >= 0.3 is 0 Å². The Bertz CT molecular complexity index is 504. The van der Waals surface area contributed by atoms with Crippen molar-refractivity contribution in [1.29, 1.82) is 0 Å². The highest BCUT2D eigenvalue weighted by Gasteiger charge is 2.18. The van der Waals surface area contributed by atoms with E-state index in [1.54, 1.807) is 13.0 Å². The number of benzene rings is 1. The van der Waals surface area contributed by atoms with Crippen molar-refractivity contribution in [1.82, 2.24) is 10.2 Å². The summed E-state index contributed by atoms with van der Waals surface area (Å²) in [6, 6.07) is 2.36. The van der Waals surface area contributed by atoms with E-state index in [2.05, 4.69) is 5.32 Å². The highest BCUT2D eigenvalue weighted by molar-refractivity contribution is 5.78. The van der Waals surface area contributed by atoms with Crippen molar-refractivity contribution in [3.63, 3.8) is 0 Å². The fourth-order valence-electron chi connectivity index (χ4n) is 2.22. The van der Waals surface area contributed by atoms with Gasteiger partial charge in [-0.25, -0.2) is 4.39 Å². The van der Waals surface area contributed by atoms with Crippen molar-refractivity contribution >= 4 is 5.91 Å². The molecule has 0 bridgehead atoms. The van der Waals surface area contributed by atoms with Crippen LogP contribution in [0.15, 0.2) is 12.1 Å². The molecule has 0 heterocycles. The van der Waals surface area contributed by atoms with Gasteiger partial charge in [0.1, 0.15) is 5.82 Å². The minimum atomic E-state index is -0.456. The van der Waals surface area contributed by atoms with Gasteiger partial charge in [-0.15, -0.1) is 0 Å². The van der Waals surface area contributed by atoms with Crippen LogP contribution in [0.5, 0.6) is 11.5 Å². The predicted molar refractivity (Wildman–Crippen MR) is 83.8 cm³/mol. The molecule has 0 radical (unpaired) electrons. The van der Waals surface area contributed by atoms with Crippen LogP contribution in [0.4, 0.5) is 4.39 Å². The maximum absolute atomic E-state index is 14.2. The van der Waals surface area contributed by atoms with E-state index in [-0.39, 0.29) is 5.91 Å². The van der Waals surface area contributed by atoms with E-state index in [0.717, 1.165) is 13.1 Å². The van der Waals surface area contributed by atoms with Crippen molar-refractivity contribution < 1.29 is 18.7 Å². The molecule has 0 unspecified atom stereocenters. The van der Waals surface area contributed by atoms with Crippen LogP contribution < -0.4 is 14.8 Å². The van der Waals surface area contributed by atoms with Crippen LogP contribution in [-0.2, 0) is 4.79 Å². The molecule has 0 spiro atoms. The molecule has 5 nitrogen and oxygen atoms in total. The van der Waals surface area contributed by atoms with Crippen LogP contribution in [0.2, 0.25) is 0 Å².